The Morgan fingerprint density at radius 1 is 1.26 bits per heavy atom. The Bertz CT molecular complexity index is 1440. The van der Waals surface area contributed by atoms with Gasteiger partial charge in [-0.25, -0.2) is 9.37 Å². The van der Waals surface area contributed by atoms with Crippen LogP contribution in [-0.4, -0.2) is 41.0 Å². The number of furan rings is 1. The molecule has 0 aliphatic carbocycles. The molecule has 0 radical (unpaired) electrons. The van der Waals surface area contributed by atoms with E-state index in [1.807, 2.05) is 17.1 Å². The summed E-state index contributed by atoms with van der Waals surface area (Å²) in [5.74, 6) is -0.213. The summed E-state index contributed by atoms with van der Waals surface area (Å²) in [6, 6.07) is 1.50. The molecule has 4 heterocycles. The average molecular weight is 563 g/mol. The van der Waals surface area contributed by atoms with Gasteiger partial charge < -0.3 is 30.7 Å². The van der Waals surface area contributed by atoms with Gasteiger partial charge in [0.1, 0.15) is 23.9 Å². The lowest BCUT2D eigenvalue weighted by Gasteiger charge is -2.22. The summed E-state index contributed by atoms with van der Waals surface area (Å²) < 4.78 is 34.4. The van der Waals surface area contributed by atoms with Crippen LogP contribution in [0.2, 0.25) is 10.0 Å². The van der Waals surface area contributed by atoms with Crippen molar-refractivity contribution in [3.05, 3.63) is 52.3 Å². The molecule has 1 atom stereocenters. The maximum absolute atomic E-state index is 14.7. The topological polar surface area (TPSA) is 126 Å². The molecule has 0 bridgehead atoms. The highest BCUT2D eigenvalue weighted by Gasteiger charge is 2.26. The van der Waals surface area contributed by atoms with Crippen molar-refractivity contribution in [2.75, 3.05) is 32.0 Å². The Morgan fingerprint density at radius 3 is 2.82 bits per heavy atom. The van der Waals surface area contributed by atoms with Crippen LogP contribution in [0.1, 0.15) is 43.9 Å². The zero-order chi connectivity index (χ0) is 26.8. The first-order valence-electron chi connectivity index (χ1n) is 12.5. The van der Waals surface area contributed by atoms with Gasteiger partial charge in [0.05, 0.1) is 34.3 Å². The lowest BCUT2D eigenvalue weighted by atomic mass is 10.1. The zero-order valence-electron chi connectivity index (χ0n) is 20.8. The number of rotatable bonds is 9. The predicted octanol–water partition coefficient (Wildman–Crippen LogP) is 5.51. The van der Waals surface area contributed by atoms with E-state index in [4.69, 9.17) is 48.6 Å². The smallest absolute Gasteiger partial charge is 0.205 e. The summed E-state index contributed by atoms with van der Waals surface area (Å²) in [5.41, 5.74) is 14.0. The first-order valence-corrected chi connectivity index (χ1v) is 13.2. The van der Waals surface area contributed by atoms with Gasteiger partial charge in [0.25, 0.3) is 0 Å². The van der Waals surface area contributed by atoms with Gasteiger partial charge in [0, 0.05) is 35.2 Å². The van der Waals surface area contributed by atoms with Crippen molar-refractivity contribution in [1.82, 2.24) is 20.1 Å². The van der Waals surface area contributed by atoms with Gasteiger partial charge >= 0.3 is 0 Å². The van der Waals surface area contributed by atoms with E-state index >= 15 is 0 Å². The quantitative estimate of drug-likeness (QED) is 0.180. The molecule has 1 aromatic carbocycles. The molecule has 3 aromatic heterocycles. The molecule has 1 unspecified atom stereocenters. The van der Waals surface area contributed by atoms with Gasteiger partial charge in [-0.05, 0) is 45.8 Å². The minimum absolute atomic E-state index is 0.110. The number of nitrogens with two attached hydrogens (primary N) is 2. The highest BCUT2D eigenvalue weighted by molar-refractivity contribution is 6.37. The van der Waals surface area contributed by atoms with E-state index < -0.39 is 11.9 Å². The number of hydrogen-bond donors (Lipinski definition) is 3. The Kier molecular flexibility index (Phi) is 7.94. The van der Waals surface area contributed by atoms with E-state index in [1.165, 1.54) is 0 Å². The van der Waals surface area contributed by atoms with E-state index in [2.05, 4.69) is 15.4 Å². The predicted molar refractivity (Wildman–Crippen MR) is 145 cm³/mol. The van der Waals surface area contributed by atoms with Crippen molar-refractivity contribution in [2.45, 2.75) is 38.3 Å². The maximum atomic E-state index is 14.7. The second-order valence-corrected chi connectivity index (χ2v) is 9.96. The van der Waals surface area contributed by atoms with Crippen molar-refractivity contribution in [3.8, 4) is 22.6 Å². The first kappa shape index (κ1) is 26.6. The van der Waals surface area contributed by atoms with E-state index in [9.17, 15) is 4.39 Å². The number of halogens is 3. The van der Waals surface area contributed by atoms with Crippen LogP contribution in [0.3, 0.4) is 0 Å². The van der Waals surface area contributed by atoms with E-state index in [-0.39, 0.29) is 39.5 Å². The lowest BCUT2D eigenvalue weighted by molar-refractivity contribution is 0.226. The highest BCUT2D eigenvalue weighted by atomic mass is 35.5. The molecule has 1 aliphatic heterocycles. The Hall–Kier alpha value is -3.05. The normalized spacial score (nSPS) is 15.2. The minimum Gasteiger partial charge on any atom is -0.492 e. The SMILES string of the molecule is CC(Oc1c(N)ncc2c(-c3cnn(C4CCNCC4)c3)coc12)c1c(Cl)c(F)cc(OCCCN)c1Cl. The third kappa shape index (κ3) is 5.13. The molecule has 9 nitrogen and oxygen atoms in total. The number of nitrogen functional groups attached to an aromatic ring is 1. The van der Waals surface area contributed by atoms with Gasteiger partial charge in [-0.15, -0.1) is 0 Å². The third-order valence-corrected chi connectivity index (χ3v) is 7.43. The molecule has 12 heteroatoms. The van der Waals surface area contributed by atoms with Crippen LogP contribution in [0, 0.1) is 5.82 Å². The Morgan fingerprint density at radius 2 is 2.05 bits per heavy atom. The first-order chi connectivity index (χ1) is 18.4. The van der Waals surface area contributed by atoms with Crippen LogP contribution >= 0.6 is 23.2 Å². The number of hydrogen-bond acceptors (Lipinski definition) is 8. The number of aromatic nitrogens is 3. The monoisotopic (exact) mass is 562 g/mol. The maximum Gasteiger partial charge on any atom is 0.205 e. The minimum atomic E-state index is -0.812. The number of piperidine rings is 1. The average Bonchev–Trinajstić information content (AvgIpc) is 3.57. The van der Waals surface area contributed by atoms with Crippen molar-refractivity contribution < 1.29 is 18.3 Å². The summed E-state index contributed by atoms with van der Waals surface area (Å²) in [7, 11) is 0. The Labute approximate surface area is 229 Å². The van der Waals surface area contributed by atoms with E-state index in [0.29, 0.717) is 30.0 Å². The van der Waals surface area contributed by atoms with Crippen molar-refractivity contribution >= 4 is 40.0 Å². The molecule has 5 rings (SSSR count). The largest absolute Gasteiger partial charge is 0.492 e. The van der Waals surface area contributed by atoms with Crippen LogP contribution in [0.15, 0.2) is 35.3 Å². The second kappa shape index (κ2) is 11.4. The summed E-state index contributed by atoms with van der Waals surface area (Å²) in [6.07, 6.45) is 8.89. The van der Waals surface area contributed by atoms with Gasteiger partial charge in [-0.3, -0.25) is 4.68 Å². The number of anilines is 1. The molecular formula is C26H29Cl2FN6O3. The number of ether oxygens (including phenoxy) is 2. The molecule has 1 fully saturated rings. The van der Waals surface area contributed by atoms with Gasteiger partial charge in [-0.2, -0.15) is 5.10 Å². The molecule has 4 aromatic rings. The summed E-state index contributed by atoms with van der Waals surface area (Å²) in [6.45, 7) is 4.34. The molecule has 38 heavy (non-hydrogen) atoms. The van der Waals surface area contributed by atoms with Gasteiger partial charge in [-0.1, -0.05) is 23.2 Å². The number of benzene rings is 1. The fourth-order valence-electron chi connectivity index (χ4n) is 4.63. The standard InChI is InChI=1S/C26H29Cl2FN6O3/c1-14(21-22(27)19(29)9-20(23(21)28)36-8-2-5-30)38-25-24-17(11-33-26(25)31)18(13-37-24)15-10-34-35(12-15)16-3-6-32-7-4-16/h9-14,16,32H,2-8,30H2,1H3,(H2,31,33). The van der Waals surface area contributed by atoms with Gasteiger partial charge in [0.15, 0.2) is 11.4 Å². The highest BCUT2D eigenvalue weighted by Crippen LogP contribution is 2.44. The molecular weight excluding hydrogens is 534 g/mol. The third-order valence-electron chi connectivity index (χ3n) is 6.66. The molecule has 202 valence electrons. The van der Waals surface area contributed by atoms with Gasteiger partial charge in [0.2, 0.25) is 5.75 Å². The summed E-state index contributed by atoms with van der Waals surface area (Å²) in [5, 5.41) is 8.62. The summed E-state index contributed by atoms with van der Waals surface area (Å²) in [4.78, 5) is 4.32. The van der Waals surface area contributed by atoms with Crippen molar-refractivity contribution in [1.29, 1.82) is 0 Å². The fraction of sp³-hybridized carbons (Fsp3) is 0.385. The van der Waals surface area contributed by atoms with E-state index in [1.54, 1.807) is 19.4 Å². The van der Waals surface area contributed by atoms with Crippen LogP contribution in [0.4, 0.5) is 10.2 Å². The lowest BCUT2D eigenvalue weighted by Crippen LogP contribution is -2.29. The number of pyridine rings is 1. The van der Waals surface area contributed by atoms with Crippen molar-refractivity contribution in [2.24, 2.45) is 5.73 Å². The molecule has 0 amide bonds. The number of nitrogens with zero attached hydrogens (tertiary/aromatic N) is 3. The number of fused-ring (bicyclic) bond motifs is 1. The molecule has 0 spiro atoms. The van der Waals surface area contributed by atoms with Crippen LogP contribution < -0.4 is 26.3 Å². The van der Waals surface area contributed by atoms with E-state index in [0.717, 1.165) is 43.1 Å². The zero-order valence-corrected chi connectivity index (χ0v) is 22.4. The molecule has 5 N–H and O–H groups in total. The van der Waals surface area contributed by atoms with Crippen LogP contribution in [-0.2, 0) is 0 Å². The fourth-order valence-corrected chi connectivity index (χ4v) is 5.34. The Balaban J connectivity index is 1.45. The molecule has 1 saturated heterocycles. The van der Waals surface area contributed by atoms with Crippen LogP contribution in [0.5, 0.6) is 11.5 Å². The summed E-state index contributed by atoms with van der Waals surface area (Å²) >= 11 is 12.9. The second-order valence-electron chi connectivity index (χ2n) is 9.20. The molecule has 0 saturated carbocycles. The molecule has 1 aliphatic rings. The number of nitrogens with one attached hydrogen (secondary N) is 1. The van der Waals surface area contributed by atoms with Crippen LogP contribution in [0.25, 0.3) is 22.1 Å². The van der Waals surface area contributed by atoms with Crippen molar-refractivity contribution in [3.63, 3.8) is 0 Å².